The van der Waals surface area contributed by atoms with Crippen molar-refractivity contribution in [2.45, 2.75) is 64.7 Å². The van der Waals surface area contributed by atoms with Gasteiger partial charge in [-0.05, 0) is 55.9 Å². The van der Waals surface area contributed by atoms with E-state index in [0.29, 0.717) is 0 Å². The first-order valence-electron chi connectivity index (χ1n) is 7.51. The van der Waals surface area contributed by atoms with Crippen LogP contribution in [0.15, 0.2) is 0 Å². The van der Waals surface area contributed by atoms with Crippen molar-refractivity contribution in [1.82, 2.24) is 0 Å². The van der Waals surface area contributed by atoms with Gasteiger partial charge in [-0.2, -0.15) is 0 Å². The average Bonchev–Trinajstić information content (AvgIpc) is 2.55. The van der Waals surface area contributed by atoms with Crippen LogP contribution < -0.4 is 5.73 Å². The van der Waals surface area contributed by atoms with Crippen LogP contribution in [-0.4, -0.2) is 6.54 Å². The SMILES string of the molecule is CC1CCC(C2CCCCCC2CN)CC1. The van der Waals surface area contributed by atoms with Crippen molar-refractivity contribution in [2.24, 2.45) is 29.4 Å². The van der Waals surface area contributed by atoms with E-state index in [1.165, 1.54) is 57.8 Å². The molecule has 0 radical (unpaired) electrons. The van der Waals surface area contributed by atoms with Gasteiger partial charge in [-0.15, -0.1) is 0 Å². The van der Waals surface area contributed by atoms with E-state index in [2.05, 4.69) is 6.92 Å². The molecule has 16 heavy (non-hydrogen) atoms. The molecular formula is C15H29N. The van der Waals surface area contributed by atoms with Crippen LogP contribution in [0.4, 0.5) is 0 Å². The number of nitrogens with two attached hydrogens (primary N) is 1. The summed E-state index contributed by atoms with van der Waals surface area (Å²) in [5.41, 5.74) is 6.00. The lowest BCUT2D eigenvalue weighted by Gasteiger charge is -2.36. The van der Waals surface area contributed by atoms with E-state index < -0.39 is 0 Å². The van der Waals surface area contributed by atoms with E-state index in [4.69, 9.17) is 5.73 Å². The average molecular weight is 223 g/mol. The van der Waals surface area contributed by atoms with Crippen LogP contribution in [0.2, 0.25) is 0 Å². The number of rotatable bonds is 2. The second kappa shape index (κ2) is 6.05. The van der Waals surface area contributed by atoms with Crippen molar-refractivity contribution in [3.63, 3.8) is 0 Å². The molecule has 1 nitrogen and oxygen atoms in total. The van der Waals surface area contributed by atoms with Crippen molar-refractivity contribution < 1.29 is 0 Å². The van der Waals surface area contributed by atoms with Gasteiger partial charge in [0.2, 0.25) is 0 Å². The molecule has 94 valence electrons. The second-order valence-electron chi connectivity index (χ2n) is 6.32. The summed E-state index contributed by atoms with van der Waals surface area (Å²) in [6.07, 6.45) is 13.2. The number of hydrogen-bond acceptors (Lipinski definition) is 1. The minimum atomic E-state index is 0.848. The monoisotopic (exact) mass is 223 g/mol. The maximum absolute atomic E-state index is 6.00. The quantitative estimate of drug-likeness (QED) is 0.704. The predicted octanol–water partition coefficient (Wildman–Crippen LogP) is 3.97. The highest BCUT2D eigenvalue weighted by atomic mass is 14.6. The van der Waals surface area contributed by atoms with Crippen LogP contribution in [-0.2, 0) is 0 Å². The molecule has 2 saturated carbocycles. The molecule has 0 saturated heterocycles. The highest BCUT2D eigenvalue weighted by molar-refractivity contribution is 4.83. The first-order valence-corrected chi connectivity index (χ1v) is 7.51. The van der Waals surface area contributed by atoms with Gasteiger partial charge in [0, 0.05) is 0 Å². The Hall–Kier alpha value is -0.0400. The summed E-state index contributed by atoms with van der Waals surface area (Å²) in [4.78, 5) is 0. The third-order valence-electron chi connectivity index (χ3n) is 5.19. The van der Waals surface area contributed by atoms with Gasteiger partial charge in [-0.1, -0.05) is 39.0 Å². The first kappa shape index (κ1) is 12.4. The van der Waals surface area contributed by atoms with Crippen LogP contribution in [0.1, 0.15) is 64.7 Å². The molecule has 0 aliphatic heterocycles. The molecule has 2 unspecified atom stereocenters. The molecule has 2 atom stereocenters. The largest absolute Gasteiger partial charge is 0.330 e. The molecular weight excluding hydrogens is 194 g/mol. The van der Waals surface area contributed by atoms with Gasteiger partial charge in [0.25, 0.3) is 0 Å². The summed E-state index contributed by atoms with van der Waals surface area (Å²) in [6, 6.07) is 0. The first-order chi connectivity index (χ1) is 7.81. The van der Waals surface area contributed by atoms with Crippen LogP contribution >= 0.6 is 0 Å². The molecule has 2 N–H and O–H groups in total. The minimum Gasteiger partial charge on any atom is -0.330 e. The highest BCUT2D eigenvalue weighted by Crippen LogP contribution is 2.41. The van der Waals surface area contributed by atoms with Crippen molar-refractivity contribution in [2.75, 3.05) is 6.54 Å². The zero-order valence-electron chi connectivity index (χ0n) is 11.0. The smallest absolute Gasteiger partial charge is 0.00461 e. The Kier molecular flexibility index (Phi) is 4.69. The fourth-order valence-electron chi connectivity index (χ4n) is 4.04. The Balaban J connectivity index is 1.93. The topological polar surface area (TPSA) is 26.0 Å². The van der Waals surface area contributed by atoms with Crippen LogP contribution in [0.25, 0.3) is 0 Å². The summed E-state index contributed by atoms with van der Waals surface area (Å²) in [7, 11) is 0. The zero-order chi connectivity index (χ0) is 11.4. The fourth-order valence-corrected chi connectivity index (χ4v) is 4.04. The van der Waals surface area contributed by atoms with Gasteiger partial charge >= 0.3 is 0 Å². The summed E-state index contributed by atoms with van der Waals surface area (Å²) >= 11 is 0. The van der Waals surface area contributed by atoms with E-state index in [-0.39, 0.29) is 0 Å². The normalized spacial score (nSPS) is 41.6. The van der Waals surface area contributed by atoms with Gasteiger partial charge in [-0.3, -0.25) is 0 Å². The summed E-state index contributed by atoms with van der Waals surface area (Å²) < 4.78 is 0. The molecule has 0 spiro atoms. The molecule has 0 aromatic rings. The van der Waals surface area contributed by atoms with Gasteiger partial charge < -0.3 is 5.73 Å². The van der Waals surface area contributed by atoms with E-state index >= 15 is 0 Å². The molecule has 2 aliphatic rings. The summed E-state index contributed by atoms with van der Waals surface area (Å²) in [6.45, 7) is 3.36. The molecule has 0 amide bonds. The maximum atomic E-state index is 6.00. The van der Waals surface area contributed by atoms with Crippen molar-refractivity contribution in [1.29, 1.82) is 0 Å². The van der Waals surface area contributed by atoms with Gasteiger partial charge in [-0.25, -0.2) is 0 Å². The Morgan fingerprint density at radius 1 is 0.875 bits per heavy atom. The Morgan fingerprint density at radius 3 is 2.25 bits per heavy atom. The lowest BCUT2D eigenvalue weighted by molar-refractivity contribution is 0.151. The Bertz CT molecular complexity index is 194. The molecule has 0 aromatic heterocycles. The van der Waals surface area contributed by atoms with E-state index in [0.717, 1.165) is 30.2 Å². The fraction of sp³-hybridized carbons (Fsp3) is 1.00. The number of hydrogen-bond donors (Lipinski definition) is 1. The third-order valence-corrected chi connectivity index (χ3v) is 5.19. The van der Waals surface area contributed by atoms with Gasteiger partial charge in [0.05, 0.1) is 0 Å². The molecule has 0 aromatic carbocycles. The molecule has 0 heterocycles. The summed E-state index contributed by atoms with van der Waals surface area (Å²) in [5.74, 6) is 3.82. The summed E-state index contributed by atoms with van der Waals surface area (Å²) in [5, 5.41) is 0. The van der Waals surface area contributed by atoms with Gasteiger partial charge in [0.1, 0.15) is 0 Å². The van der Waals surface area contributed by atoms with Crippen LogP contribution in [0.3, 0.4) is 0 Å². The maximum Gasteiger partial charge on any atom is -0.00461 e. The molecule has 0 bridgehead atoms. The van der Waals surface area contributed by atoms with E-state index in [1.807, 2.05) is 0 Å². The Labute approximate surface area is 101 Å². The predicted molar refractivity (Wildman–Crippen MR) is 70.2 cm³/mol. The lowest BCUT2D eigenvalue weighted by Crippen LogP contribution is -2.30. The van der Waals surface area contributed by atoms with Crippen molar-refractivity contribution >= 4 is 0 Å². The zero-order valence-corrected chi connectivity index (χ0v) is 11.0. The molecule has 2 rings (SSSR count). The molecule has 2 fully saturated rings. The van der Waals surface area contributed by atoms with Crippen LogP contribution in [0.5, 0.6) is 0 Å². The highest BCUT2D eigenvalue weighted by Gasteiger charge is 2.31. The van der Waals surface area contributed by atoms with Crippen molar-refractivity contribution in [3.05, 3.63) is 0 Å². The lowest BCUT2D eigenvalue weighted by atomic mass is 9.70. The minimum absolute atomic E-state index is 0.848. The second-order valence-corrected chi connectivity index (χ2v) is 6.32. The standard InChI is InChI=1S/C15H29N/c1-12-7-9-13(10-8-12)15-6-4-2-3-5-14(15)11-16/h12-15H,2-11,16H2,1H3. The van der Waals surface area contributed by atoms with Crippen LogP contribution in [0, 0.1) is 23.7 Å². The third kappa shape index (κ3) is 3.00. The van der Waals surface area contributed by atoms with E-state index in [9.17, 15) is 0 Å². The van der Waals surface area contributed by atoms with E-state index in [1.54, 1.807) is 0 Å². The Morgan fingerprint density at radius 2 is 1.56 bits per heavy atom. The molecule has 2 aliphatic carbocycles. The van der Waals surface area contributed by atoms with Crippen molar-refractivity contribution in [3.8, 4) is 0 Å². The molecule has 1 heteroatoms. The van der Waals surface area contributed by atoms with Gasteiger partial charge in [0.15, 0.2) is 0 Å².